The number of carbonyl (C=O) groups is 2. The van der Waals surface area contributed by atoms with Gasteiger partial charge in [-0.2, -0.15) is 0 Å². The average molecular weight is 435 g/mol. The predicted octanol–water partition coefficient (Wildman–Crippen LogP) is 3.48. The van der Waals surface area contributed by atoms with Gasteiger partial charge in [0.25, 0.3) is 11.6 Å². The zero-order valence-corrected chi connectivity index (χ0v) is 17.5. The number of para-hydroxylation sites is 1. The second-order valence-electron chi connectivity index (χ2n) is 7.80. The van der Waals surface area contributed by atoms with Crippen molar-refractivity contribution in [3.8, 4) is 0 Å². The molecule has 0 saturated carbocycles. The summed E-state index contributed by atoms with van der Waals surface area (Å²) in [7, 11) is 3.66. The number of furan rings is 1. The lowest BCUT2D eigenvalue weighted by atomic mass is 9.94. The largest absolute Gasteiger partial charge is 0.503 e. The molecule has 32 heavy (non-hydrogen) atoms. The number of fused-ring (bicyclic) bond motifs is 1. The number of aliphatic hydroxyl groups is 1. The standard InChI is InChI=1S/C23H21N3O6/c1-24(2)10-11-25-20(15-7-5-8-16(12-15)26(30)31)19(22(28)23(25)29)21(27)18-13-14-6-3-4-9-17(14)32-18/h3-9,12-13,20,28H,10-11H2,1-2H3/t20-/m0/s1. The van der Waals surface area contributed by atoms with Gasteiger partial charge in [0.1, 0.15) is 5.58 Å². The van der Waals surface area contributed by atoms with Gasteiger partial charge in [-0.25, -0.2) is 0 Å². The minimum Gasteiger partial charge on any atom is -0.503 e. The molecule has 0 bridgehead atoms. The Morgan fingerprint density at radius 2 is 1.94 bits per heavy atom. The number of rotatable bonds is 7. The Bertz CT molecular complexity index is 1230. The van der Waals surface area contributed by atoms with Crippen LogP contribution in [0, 0.1) is 10.1 Å². The number of ketones is 1. The fraction of sp³-hybridized carbons (Fsp3) is 0.217. The smallest absolute Gasteiger partial charge is 0.290 e. The summed E-state index contributed by atoms with van der Waals surface area (Å²) in [5.74, 6) is -2.05. The van der Waals surface area contributed by atoms with Crippen molar-refractivity contribution >= 4 is 28.3 Å². The maximum atomic E-state index is 13.4. The molecule has 3 aromatic rings. The highest BCUT2D eigenvalue weighted by atomic mass is 16.6. The van der Waals surface area contributed by atoms with Crippen LogP contribution in [-0.2, 0) is 4.79 Å². The number of benzene rings is 2. The molecule has 0 fully saturated rings. The zero-order valence-electron chi connectivity index (χ0n) is 17.5. The van der Waals surface area contributed by atoms with Crippen molar-refractivity contribution in [3.05, 3.63) is 87.4 Å². The van der Waals surface area contributed by atoms with Crippen molar-refractivity contribution in [3.63, 3.8) is 0 Å². The van der Waals surface area contributed by atoms with Crippen LogP contribution in [-0.4, -0.2) is 58.7 Å². The molecular formula is C23H21N3O6. The monoisotopic (exact) mass is 435 g/mol. The average Bonchev–Trinajstić information content (AvgIpc) is 3.31. The summed E-state index contributed by atoms with van der Waals surface area (Å²) in [6, 6.07) is 13.4. The van der Waals surface area contributed by atoms with E-state index >= 15 is 0 Å². The molecule has 164 valence electrons. The van der Waals surface area contributed by atoms with Gasteiger partial charge < -0.3 is 19.3 Å². The van der Waals surface area contributed by atoms with Gasteiger partial charge in [-0.15, -0.1) is 0 Å². The van der Waals surface area contributed by atoms with E-state index in [0.29, 0.717) is 23.1 Å². The molecule has 1 atom stereocenters. The summed E-state index contributed by atoms with van der Waals surface area (Å²) in [4.78, 5) is 40.3. The highest BCUT2D eigenvalue weighted by molar-refractivity contribution is 6.16. The van der Waals surface area contributed by atoms with E-state index < -0.39 is 28.4 Å². The summed E-state index contributed by atoms with van der Waals surface area (Å²) < 4.78 is 5.66. The van der Waals surface area contributed by atoms with Gasteiger partial charge in [-0.05, 0) is 31.8 Å². The lowest BCUT2D eigenvalue weighted by molar-refractivity contribution is -0.384. The van der Waals surface area contributed by atoms with Crippen molar-refractivity contribution in [2.45, 2.75) is 6.04 Å². The molecule has 0 radical (unpaired) electrons. The third-order valence-electron chi connectivity index (χ3n) is 5.38. The summed E-state index contributed by atoms with van der Waals surface area (Å²) in [6.45, 7) is 0.677. The second-order valence-corrected chi connectivity index (χ2v) is 7.80. The van der Waals surface area contributed by atoms with Gasteiger partial charge in [0, 0.05) is 30.6 Å². The fourth-order valence-electron chi connectivity index (χ4n) is 3.81. The van der Waals surface area contributed by atoms with E-state index in [2.05, 4.69) is 0 Å². The van der Waals surface area contributed by atoms with Crippen LogP contribution in [0.1, 0.15) is 22.2 Å². The number of nitro benzene ring substituents is 1. The van der Waals surface area contributed by atoms with Crippen LogP contribution in [0.5, 0.6) is 0 Å². The number of aliphatic hydroxyl groups excluding tert-OH is 1. The first-order valence-electron chi connectivity index (χ1n) is 9.94. The molecule has 2 heterocycles. The molecule has 1 aliphatic heterocycles. The first-order chi connectivity index (χ1) is 15.3. The Labute approximate surface area is 183 Å². The van der Waals surface area contributed by atoms with Crippen LogP contribution in [0.3, 0.4) is 0 Å². The third-order valence-corrected chi connectivity index (χ3v) is 5.38. The van der Waals surface area contributed by atoms with Gasteiger partial charge in [0.05, 0.1) is 16.5 Å². The molecule has 0 aliphatic carbocycles. The molecule has 9 nitrogen and oxygen atoms in total. The van der Waals surface area contributed by atoms with Gasteiger partial charge in [0.2, 0.25) is 5.78 Å². The molecule has 1 N–H and O–H groups in total. The maximum Gasteiger partial charge on any atom is 0.290 e. The summed E-state index contributed by atoms with van der Waals surface area (Å²) in [5, 5.41) is 22.7. The molecule has 1 aliphatic rings. The second kappa shape index (κ2) is 8.27. The van der Waals surface area contributed by atoms with Crippen LogP contribution in [0.2, 0.25) is 0 Å². The number of likely N-dealkylation sites (N-methyl/N-ethyl adjacent to an activating group) is 1. The number of non-ortho nitro benzene ring substituents is 1. The van der Waals surface area contributed by atoms with Crippen LogP contribution in [0.4, 0.5) is 5.69 Å². The number of nitro groups is 1. The topological polar surface area (TPSA) is 117 Å². The number of carbonyl (C=O) groups excluding carboxylic acids is 2. The molecule has 9 heteroatoms. The number of nitrogens with zero attached hydrogens (tertiary/aromatic N) is 3. The molecule has 0 unspecified atom stereocenters. The molecule has 4 rings (SSSR count). The normalized spacial score (nSPS) is 16.4. The lowest BCUT2D eigenvalue weighted by Crippen LogP contribution is -2.36. The Morgan fingerprint density at radius 3 is 2.62 bits per heavy atom. The maximum absolute atomic E-state index is 13.4. The van der Waals surface area contributed by atoms with Gasteiger partial charge >= 0.3 is 0 Å². The Morgan fingerprint density at radius 1 is 1.19 bits per heavy atom. The number of hydrogen-bond donors (Lipinski definition) is 1. The van der Waals surface area contributed by atoms with Crippen LogP contribution in [0.15, 0.2) is 70.3 Å². The van der Waals surface area contributed by atoms with Crippen molar-refractivity contribution in [1.82, 2.24) is 9.80 Å². The molecule has 0 spiro atoms. The summed E-state index contributed by atoms with van der Waals surface area (Å²) in [5.41, 5.74) is 0.518. The van der Waals surface area contributed by atoms with Gasteiger partial charge in [-0.3, -0.25) is 19.7 Å². The van der Waals surface area contributed by atoms with E-state index in [1.807, 2.05) is 19.0 Å². The molecular weight excluding hydrogens is 414 g/mol. The summed E-state index contributed by atoms with van der Waals surface area (Å²) >= 11 is 0. The van der Waals surface area contributed by atoms with Gasteiger partial charge in [-0.1, -0.05) is 30.3 Å². The number of amides is 1. The first kappa shape index (κ1) is 21.3. The van der Waals surface area contributed by atoms with Gasteiger partial charge in [0.15, 0.2) is 11.5 Å². The van der Waals surface area contributed by atoms with Crippen molar-refractivity contribution < 1.29 is 24.0 Å². The molecule has 1 amide bonds. The van der Waals surface area contributed by atoms with E-state index in [4.69, 9.17) is 4.42 Å². The highest BCUT2D eigenvalue weighted by Crippen LogP contribution is 2.40. The zero-order chi connectivity index (χ0) is 23.0. The van der Waals surface area contributed by atoms with Crippen LogP contribution < -0.4 is 0 Å². The van der Waals surface area contributed by atoms with E-state index in [-0.39, 0.29) is 23.6 Å². The SMILES string of the molecule is CN(C)CCN1C(=O)C(O)=C(C(=O)c2cc3ccccc3o2)[C@@H]1c1cccc([N+](=O)[O-])c1. The Kier molecular flexibility index (Phi) is 5.50. The van der Waals surface area contributed by atoms with Crippen molar-refractivity contribution in [2.75, 3.05) is 27.2 Å². The minimum absolute atomic E-state index is 0.0227. The quantitative estimate of drug-likeness (QED) is 0.343. The number of Topliss-reactive ketones (excluding diaryl/α,β-unsaturated/α-hetero) is 1. The van der Waals surface area contributed by atoms with E-state index in [9.17, 15) is 24.8 Å². The van der Waals surface area contributed by atoms with Crippen molar-refractivity contribution in [2.24, 2.45) is 0 Å². The molecule has 2 aromatic carbocycles. The van der Waals surface area contributed by atoms with E-state index in [1.54, 1.807) is 36.4 Å². The van der Waals surface area contributed by atoms with Crippen LogP contribution >= 0.6 is 0 Å². The summed E-state index contributed by atoms with van der Waals surface area (Å²) in [6.07, 6.45) is 0. The van der Waals surface area contributed by atoms with E-state index in [1.165, 1.54) is 23.1 Å². The Balaban J connectivity index is 1.81. The minimum atomic E-state index is -0.983. The van der Waals surface area contributed by atoms with Crippen molar-refractivity contribution in [1.29, 1.82) is 0 Å². The number of hydrogen-bond acceptors (Lipinski definition) is 7. The Hall–Kier alpha value is -3.98. The molecule has 1 aromatic heterocycles. The highest BCUT2D eigenvalue weighted by Gasteiger charge is 2.44. The predicted molar refractivity (Wildman–Crippen MR) is 116 cm³/mol. The third kappa shape index (κ3) is 3.74. The van der Waals surface area contributed by atoms with E-state index in [0.717, 1.165) is 0 Å². The fourth-order valence-corrected chi connectivity index (χ4v) is 3.81. The molecule has 0 saturated heterocycles. The van der Waals surface area contributed by atoms with Crippen LogP contribution in [0.25, 0.3) is 11.0 Å². The lowest BCUT2D eigenvalue weighted by Gasteiger charge is -2.27. The first-order valence-corrected chi connectivity index (χ1v) is 9.94.